The summed E-state index contributed by atoms with van der Waals surface area (Å²) in [6, 6.07) is 13.3. The molecule has 1 saturated heterocycles. The third-order valence-electron chi connectivity index (χ3n) is 6.47. The fraction of sp³-hybridized carbons (Fsp3) is 0.292. The van der Waals surface area contributed by atoms with Crippen LogP contribution in [0.15, 0.2) is 60.7 Å². The zero-order valence-electron chi connectivity index (χ0n) is 16.3. The Kier molecular flexibility index (Phi) is 4.42. The molecule has 1 aliphatic heterocycles. The summed E-state index contributed by atoms with van der Waals surface area (Å²) in [4.78, 5) is 39.6. The van der Waals surface area contributed by atoms with Crippen LogP contribution in [0.5, 0.6) is 5.75 Å². The average molecular weight is 402 g/mol. The number of fused-ring (bicyclic) bond motifs is 1. The lowest BCUT2D eigenvalue weighted by molar-refractivity contribution is -0.124. The lowest BCUT2D eigenvalue weighted by atomic mass is 9.63. The number of aromatic hydroxyl groups is 1. The Morgan fingerprint density at radius 1 is 0.900 bits per heavy atom. The summed E-state index contributed by atoms with van der Waals surface area (Å²) in [5, 5.41) is 12.1. The highest BCUT2D eigenvalue weighted by Gasteiger charge is 2.56. The summed E-state index contributed by atoms with van der Waals surface area (Å²) >= 11 is 0. The number of hydrogen-bond acceptors (Lipinski definition) is 4. The second-order valence-electron chi connectivity index (χ2n) is 8.29. The third-order valence-corrected chi connectivity index (χ3v) is 6.47. The molecule has 0 spiro atoms. The SMILES string of the molecule is O=C(Cc1ccc(N2C(=O)C3C4C=CC(CC4)C3C2=O)cc1)Nc1ccc(O)cc1. The van der Waals surface area contributed by atoms with Gasteiger partial charge in [-0.3, -0.25) is 19.3 Å². The Morgan fingerprint density at radius 2 is 1.47 bits per heavy atom. The van der Waals surface area contributed by atoms with Gasteiger partial charge in [0.1, 0.15) is 5.75 Å². The van der Waals surface area contributed by atoms with Gasteiger partial charge in [-0.25, -0.2) is 0 Å². The second kappa shape index (κ2) is 7.13. The highest BCUT2D eigenvalue weighted by molar-refractivity contribution is 6.22. The first-order valence-electron chi connectivity index (χ1n) is 10.3. The molecule has 30 heavy (non-hydrogen) atoms. The van der Waals surface area contributed by atoms with Crippen LogP contribution in [0.3, 0.4) is 0 Å². The standard InChI is InChI=1S/C24H22N2O4/c27-19-11-7-17(8-12-19)25-20(28)13-14-1-9-18(10-2-14)26-23(29)21-15-3-4-16(6-5-15)22(21)24(26)30/h1-4,7-12,15-16,21-22,27H,5-6,13H2,(H,25,28). The lowest BCUT2D eigenvalue weighted by Crippen LogP contribution is -2.38. The molecule has 3 amide bonds. The number of carbonyl (C=O) groups is 3. The average Bonchev–Trinajstić information content (AvgIpc) is 3.04. The van der Waals surface area contributed by atoms with Gasteiger partial charge in [-0.1, -0.05) is 24.3 Å². The van der Waals surface area contributed by atoms with Crippen molar-refractivity contribution in [3.8, 4) is 5.75 Å². The molecule has 6 rings (SSSR count). The zero-order chi connectivity index (χ0) is 20.8. The molecular formula is C24H22N2O4. The number of imide groups is 1. The van der Waals surface area contributed by atoms with Gasteiger partial charge in [-0.2, -0.15) is 0 Å². The number of nitrogens with zero attached hydrogens (tertiary/aromatic N) is 1. The number of allylic oxidation sites excluding steroid dienone is 2. The summed E-state index contributed by atoms with van der Waals surface area (Å²) in [5.74, 6) is -0.347. The maximum atomic E-state index is 13.0. The van der Waals surface area contributed by atoms with Gasteiger partial charge in [0, 0.05) is 5.69 Å². The maximum Gasteiger partial charge on any atom is 0.238 e. The van der Waals surface area contributed by atoms with Crippen LogP contribution in [-0.4, -0.2) is 22.8 Å². The number of phenols is 1. The minimum Gasteiger partial charge on any atom is -0.508 e. The molecule has 4 unspecified atom stereocenters. The van der Waals surface area contributed by atoms with Crippen LogP contribution in [0.25, 0.3) is 0 Å². The minimum atomic E-state index is -0.225. The van der Waals surface area contributed by atoms with E-state index < -0.39 is 0 Å². The van der Waals surface area contributed by atoms with Gasteiger partial charge in [-0.15, -0.1) is 0 Å². The molecule has 152 valence electrons. The number of rotatable bonds is 4. The van der Waals surface area contributed by atoms with E-state index in [9.17, 15) is 19.5 Å². The Hall–Kier alpha value is -3.41. The van der Waals surface area contributed by atoms with Gasteiger partial charge in [-0.05, 0) is 66.6 Å². The predicted molar refractivity (Wildman–Crippen MR) is 112 cm³/mol. The van der Waals surface area contributed by atoms with Gasteiger partial charge < -0.3 is 10.4 Å². The van der Waals surface area contributed by atoms with E-state index in [1.165, 1.54) is 17.0 Å². The molecule has 3 aliphatic carbocycles. The number of amides is 3. The van der Waals surface area contributed by atoms with Gasteiger partial charge in [0.25, 0.3) is 0 Å². The highest BCUT2D eigenvalue weighted by atomic mass is 16.3. The van der Waals surface area contributed by atoms with E-state index in [4.69, 9.17) is 0 Å². The quantitative estimate of drug-likeness (QED) is 0.467. The molecule has 6 heteroatoms. The Morgan fingerprint density at radius 3 is 2.00 bits per heavy atom. The van der Waals surface area contributed by atoms with E-state index in [0.717, 1.165) is 18.4 Å². The van der Waals surface area contributed by atoms with Gasteiger partial charge in [0.05, 0.1) is 23.9 Å². The second-order valence-corrected chi connectivity index (χ2v) is 8.29. The molecule has 2 N–H and O–H groups in total. The van der Waals surface area contributed by atoms with Crippen LogP contribution in [-0.2, 0) is 20.8 Å². The Balaban J connectivity index is 1.28. The van der Waals surface area contributed by atoms with Crippen LogP contribution in [0.2, 0.25) is 0 Å². The van der Waals surface area contributed by atoms with Crippen LogP contribution in [0, 0.1) is 23.7 Å². The van der Waals surface area contributed by atoms with E-state index in [1.807, 2.05) is 0 Å². The summed E-state index contributed by atoms with van der Waals surface area (Å²) in [7, 11) is 0. The van der Waals surface area contributed by atoms with Crippen molar-refractivity contribution in [1.29, 1.82) is 0 Å². The van der Waals surface area contributed by atoms with Crippen molar-refractivity contribution in [2.24, 2.45) is 23.7 Å². The monoisotopic (exact) mass is 402 g/mol. The molecule has 0 aromatic heterocycles. The minimum absolute atomic E-state index is 0.0955. The molecule has 4 aliphatic rings. The van der Waals surface area contributed by atoms with Gasteiger partial charge in [0.15, 0.2) is 0 Å². The molecule has 4 atom stereocenters. The summed E-state index contributed by atoms with van der Waals surface area (Å²) in [6.07, 6.45) is 6.34. The number of phenolic OH excluding ortho intramolecular Hbond substituents is 1. The van der Waals surface area contributed by atoms with Crippen molar-refractivity contribution < 1.29 is 19.5 Å². The number of benzene rings is 2. The zero-order valence-corrected chi connectivity index (χ0v) is 16.3. The largest absolute Gasteiger partial charge is 0.508 e. The molecule has 2 aromatic rings. The molecule has 1 saturated carbocycles. The van der Waals surface area contributed by atoms with Crippen molar-refractivity contribution in [1.82, 2.24) is 0 Å². The van der Waals surface area contributed by atoms with Crippen molar-refractivity contribution in [3.05, 3.63) is 66.2 Å². The first-order chi connectivity index (χ1) is 14.5. The summed E-state index contributed by atoms with van der Waals surface area (Å²) in [5.41, 5.74) is 1.96. The van der Waals surface area contributed by atoms with Crippen LogP contribution in [0.1, 0.15) is 18.4 Å². The van der Waals surface area contributed by atoms with E-state index in [-0.39, 0.29) is 53.6 Å². The topological polar surface area (TPSA) is 86.7 Å². The summed E-state index contributed by atoms with van der Waals surface area (Å²) < 4.78 is 0. The summed E-state index contributed by atoms with van der Waals surface area (Å²) in [6.45, 7) is 0. The van der Waals surface area contributed by atoms with Crippen LogP contribution in [0.4, 0.5) is 11.4 Å². The molecule has 2 aromatic carbocycles. The molecule has 2 bridgehead atoms. The molecule has 2 fully saturated rings. The normalized spacial score (nSPS) is 26.7. The number of carbonyl (C=O) groups excluding carboxylic acids is 3. The van der Waals surface area contributed by atoms with Crippen LogP contribution < -0.4 is 10.2 Å². The van der Waals surface area contributed by atoms with Crippen LogP contribution >= 0.6 is 0 Å². The predicted octanol–water partition coefficient (Wildman–Crippen LogP) is 3.28. The van der Waals surface area contributed by atoms with Gasteiger partial charge in [0.2, 0.25) is 17.7 Å². The smallest absolute Gasteiger partial charge is 0.238 e. The van der Waals surface area contributed by atoms with Crippen molar-refractivity contribution in [2.75, 3.05) is 10.2 Å². The fourth-order valence-electron chi connectivity index (χ4n) is 5.03. The first-order valence-corrected chi connectivity index (χ1v) is 10.3. The number of hydrogen-bond donors (Lipinski definition) is 2. The molecule has 1 heterocycles. The van der Waals surface area contributed by atoms with E-state index >= 15 is 0 Å². The third kappa shape index (κ3) is 3.09. The lowest BCUT2D eigenvalue weighted by Gasteiger charge is -2.38. The molecular weight excluding hydrogens is 380 g/mol. The maximum absolute atomic E-state index is 13.0. The number of nitrogens with one attached hydrogen (secondary N) is 1. The molecule has 6 nitrogen and oxygen atoms in total. The Labute approximate surface area is 174 Å². The van der Waals surface area contributed by atoms with E-state index in [0.29, 0.717) is 11.4 Å². The van der Waals surface area contributed by atoms with E-state index in [1.54, 1.807) is 36.4 Å². The first kappa shape index (κ1) is 18.6. The fourth-order valence-corrected chi connectivity index (χ4v) is 5.03. The van der Waals surface area contributed by atoms with Crippen molar-refractivity contribution in [3.63, 3.8) is 0 Å². The van der Waals surface area contributed by atoms with Gasteiger partial charge >= 0.3 is 0 Å². The highest BCUT2D eigenvalue weighted by Crippen LogP contribution is 2.50. The van der Waals surface area contributed by atoms with Crippen molar-refractivity contribution >= 4 is 29.1 Å². The van der Waals surface area contributed by atoms with E-state index in [2.05, 4.69) is 17.5 Å². The molecule has 0 radical (unpaired) electrons. The Bertz CT molecular complexity index is 1010. The number of anilines is 2. The van der Waals surface area contributed by atoms with Crippen molar-refractivity contribution in [2.45, 2.75) is 19.3 Å².